The first-order valence-electron chi connectivity index (χ1n) is 6.95. The maximum Gasteiger partial charge on any atom is 0.129 e. The van der Waals surface area contributed by atoms with E-state index in [1.807, 2.05) is 0 Å². The third-order valence-corrected chi connectivity index (χ3v) is 4.37. The molecule has 0 amide bonds. The number of nitrogens with one attached hydrogen (secondary N) is 1. The zero-order valence-corrected chi connectivity index (χ0v) is 12.2. The van der Waals surface area contributed by atoms with E-state index in [9.17, 15) is 8.78 Å². The van der Waals surface area contributed by atoms with Gasteiger partial charge in [-0.15, -0.1) is 0 Å². The van der Waals surface area contributed by atoms with Crippen molar-refractivity contribution in [2.75, 3.05) is 6.54 Å². The van der Waals surface area contributed by atoms with E-state index in [-0.39, 0.29) is 11.0 Å². The molecule has 19 heavy (non-hydrogen) atoms. The Morgan fingerprint density at radius 2 is 2.00 bits per heavy atom. The molecule has 0 spiro atoms. The molecular weight excluding hydrogens is 244 g/mol. The molecule has 1 aromatic carbocycles. The lowest BCUT2D eigenvalue weighted by atomic mass is 9.57. The fourth-order valence-corrected chi connectivity index (χ4v) is 2.86. The van der Waals surface area contributed by atoms with E-state index in [4.69, 9.17) is 0 Å². The van der Waals surface area contributed by atoms with Gasteiger partial charge in [0.1, 0.15) is 11.6 Å². The fourth-order valence-electron chi connectivity index (χ4n) is 2.86. The van der Waals surface area contributed by atoms with Crippen LogP contribution in [0.2, 0.25) is 0 Å². The van der Waals surface area contributed by atoms with Gasteiger partial charge in [0.15, 0.2) is 0 Å². The molecule has 106 valence electrons. The van der Waals surface area contributed by atoms with Crippen LogP contribution in [-0.4, -0.2) is 12.1 Å². The van der Waals surface area contributed by atoms with E-state index in [0.29, 0.717) is 11.5 Å². The van der Waals surface area contributed by atoms with E-state index in [1.165, 1.54) is 6.07 Å². The summed E-state index contributed by atoms with van der Waals surface area (Å²) in [7, 11) is 0. The first kappa shape index (κ1) is 14.4. The van der Waals surface area contributed by atoms with Crippen LogP contribution in [0.1, 0.15) is 46.1 Å². The average molecular weight is 267 g/mol. The van der Waals surface area contributed by atoms with Gasteiger partial charge in [-0.25, -0.2) is 8.78 Å². The monoisotopic (exact) mass is 267 g/mol. The van der Waals surface area contributed by atoms with Gasteiger partial charge < -0.3 is 5.32 Å². The maximum atomic E-state index is 14.1. The lowest BCUT2D eigenvalue weighted by Crippen LogP contribution is -2.54. The number of halogens is 2. The van der Waals surface area contributed by atoms with Gasteiger partial charge in [0.2, 0.25) is 0 Å². The Bertz CT molecular complexity index is 464. The van der Waals surface area contributed by atoms with Crippen LogP contribution in [-0.2, 0) is 5.41 Å². The van der Waals surface area contributed by atoms with Crippen molar-refractivity contribution in [1.29, 1.82) is 0 Å². The highest BCUT2D eigenvalue weighted by atomic mass is 19.1. The average Bonchev–Trinajstić information content (AvgIpc) is 2.28. The minimum Gasteiger partial charge on any atom is -0.311 e. The highest BCUT2D eigenvalue weighted by Gasteiger charge is 2.47. The molecular formula is C16H23F2N. The molecule has 3 heteroatoms. The fraction of sp³-hybridized carbons (Fsp3) is 0.625. The summed E-state index contributed by atoms with van der Waals surface area (Å²) in [4.78, 5) is 0. The Balaban J connectivity index is 2.29. The molecule has 0 saturated heterocycles. The molecule has 1 fully saturated rings. The van der Waals surface area contributed by atoms with E-state index in [2.05, 4.69) is 33.0 Å². The molecule has 2 rings (SSSR count). The summed E-state index contributed by atoms with van der Waals surface area (Å²) >= 11 is 0. The molecule has 1 aliphatic carbocycles. The zero-order valence-electron chi connectivity index (χ0n) is 12.2. The van der Waals surface area contributed by atoms with Gasteiger partial charge >= 0.3 is 0 Å². The quantitative estimate of drug-likeness (QED) is 0.872. The van der Waals surface area contributed by atoms with Crippen LogP contribution < -0.4 is 5.32 Å². The molecule has 1 aliphatic rings. The van der Waals surface area contributed by atoms with Crippen LogP contribution in [0.5, 0.6) is 0 Å². The van der Waals surface area contributed by atoms with Crippen LogP contribution in [0.25, 0.3) is 0 Å². The van der Waals surface area contributed by atoms with Crippen molar-refractivity contribution < 1.29 is 8.78 Å². The molecule has 0 radical (unpaired) electrons. The topological polar surface area (TPSA) is 12.0 Å². The number of rotatable bonds is 3. The van der Waals surface area contributed by atoms with Crippen molar-refractivity contribution in [2.24, 2.45) is 5.92 Å². The first-order valence-corrected chi connectivity index (χ1v) is 6.95. The molecule has 0 aromatic heterocycles. The third kappa shape index (κ3) is 2.81. The van der Waals surface area contributed by atoms with Crippen molar-refractivity contribution in [1.82, 2.24) is 5.32 Å². The van der Waals surface area contributed by atoms with E-state index in [1.54, 1.807) is 6.07 Å². The molecule has 1 aromatic rings. The van der Waals surface area contributed by atoms with Crippen molar-refractivity contribution in [3.63, 3.8) is 0 Å². The minimum atomic E-state index is -0.507. The second kappa shape index (κ2) is 4.86. The molecule has 0 bridgehead atoms. The van der Waals surface area contributed by atoms with Gasteiger partial charge in [-0.1, -0.05) is 13.0 Å². The Kier molecular flexibility index (Phi) is 3.69. The van der Waals surface area contributed by atoms with Crippen LogP contribution in [0.3, 0.4) is 0 Å². The summed E-state index contributed by atoms with van der Waals surface area (Å²) in [6, 6.07) is 3.98. The molecule has 1 nitrogen and oxygen atoms in total. The standard InChI is InChI=1S/C16H23F2N/c1-11-7-8-16(11,10-19-15(2,3)4)13-6-5-12(17)9-14(13)18/h5-6,9,11,19H,7-8,10H2,1-4H3. The zero-order chi connectivity index (χ0) is 14.3. The minimum absolute atomic E-state index is 0.00117. The summed E-state index contributed by atoms with van der Waals surface area (Å²) in [6.45, 7) is 9.19. The lowest BCUT2D eigenvalue weighted by molar-refractivity contribution is 0.119. The summed E-state index contributed by atoms with van der Waals surface area (Å²) < 4.78 is 27.2. The molecule has 1 saturated carbocycles. The normalized spacial score (nSPS) is 27.2. The van der Waals surface area contributed by atoms with Crippen LogP contribution in [0, 0.1) is 17.6 Å². The van der Waals surface area contributed by atoms with Crippen molar-refractivity contribution in [2.45, 2.75) is 51.5 Å². The first-order chi connectivity index (χ1) is 8.74. The summed E-state index contributed by atoms with van der Waals surface area (Å²) in [5, 5.41) is 3.47. The van der Waals surface area contributed by atoms with Crippen molar-refractivity contribution in [3.8, 4) is 0 Å². The van der Waals surface area contributed by atoms with Crippen molar-refractivity contribution >= 4 is 0 Å². The van der Waals surface area contributed by atoms with E-state index in [0.717, 1.165) is 25.5 Å². The highest BCUT2D eigenvalue weighted by molar-refractivity contribution is 5.32. The maximum absolute atomic E-state index is 14.1. The van der Waals surface area contributed by atoms with Gasteiger partial charge in [0.25, 0.3) is 0 Å². The van der Waals surface area contributed by atoms with Gasteiger partial charge in [-0.2, -0.15) is 0 Å². The molecule has 1 N–H and O–H groups in total. The summed E-state index contributed by atoms with van der Waals surface area (Å²) in [5.41, 5.74) is 0.466. The highest BCUT2D eigenvalue weighted by Crippen LogP contribution is 2.49. The number of hydrogen-bond donors (Lipinski definition) is 1. The number of benzene rings is 1. The summed E-state index contributed by atoms with van der Waals surface area (Å²) in [5.74, 6) is -0.503. The second-order valence-electron chi connectivity index (χ2n) is 6.82. The van der Waals surface area contributed by atoms with Gasteiger partial charge in [-0.05, 0) is 51.2 Å². The molecule has 2 atom stereocenters. The molecule has 2 unspecified atom stereocenters. The second-order valence-corrected chi connectivity index (χ2v) is 6.82. The largest absolute Gasteiger partial charge is 0.311 e. The van der Waals surface area contributed by atoms with Gasteiger partial charge in [-0.3, -0.25) is 0 Å². The predicted molar refractivity (Wildman–Crippen MR) is 74.2 cm³/mol. The molecule has 0 heterocycles. The summed E-state index contributed by atoms with van der Waals surface area (Å²) in [6.07, 6.45) is 2.06. The van der Waals surface area contributed by atoms with E-state index < -0.39 is 11.6 Å². The molecule has 0 aliphatic heterocycles. The Hall–Kier alpha value is -0.960. The SMILES string of the molecule is CC1CCC1(CNC(C)(C)C)c1ccc(F)cc1F. The number of hydrogen-bond acceptors (Lipinski definition) is 1. The van der Waals surface area contributed by atoms with E-state index >= 15 is 0 Å². The third-order valence-electron chi connectivity index (χ3n) is 4.37. The Morgan fingerprint density at radius 3 is 2.42 bits per heavy atom. The Morgan fingerprint density at radius 1 is 1.32 bits per heavy atom. The van der Waals surface area contributed by atoms with Gasteiger partial charge in [0.05, 0.1) is 0 Å². The van der Waals surface area contributed by atoms with Crippen molar-refractivity contribution in [3.05, 3.63) is 35.4 Å². The Labute approximate surface area is 114 Å². The lowest BCUT2D eigenvalue weighted by Gasteiger charge is -2.50. The van der Waals surface area contributed by atoms with Crippen LogP contribution in [0.4, 0.5) is 8.78 Å². The van der Waals surface area contributed by atoms with Crippen LogP contribution >= 0.6 is 0 Å². The predicted octanol–water partition coefficient (Wildman–Crippen LogP) is 4.02. The van der Waals surface area contributed by atoms with Gasteiger partial charge in [0, 0.05) is 23.6 Å². The smallest absolute Gasteiger partial charge is 0.129 e. The van der Waals surface area contributed by atoms with Crippen LogP contribution in [0.15, 0.2) is 18.2 Å².